The van der Waals surface area contributed by atoms with Crippen LogP contribution in [-0.4, -0.2) is 11.1 Å². The van der Waals surface area contributed by atoms with Crippen LogP contribution in [-0.2, 0) is 4.79 Å². The molecule has 0 rings (SSSR count). The molecule has 0 heterocycles. The number of carboxylic acid groups (broad SMARTS) is 1. The smallest absolute Gasteiger partial charge is 0.309 e. The lowest BCUT2D eigenvalue weighted by molar-refractivity contribution is -0.147. The van der Waals surface area contributed by atoms with Crippen LogP contribution in [0.2, 0.25) is 0 Å². The van der Waals surface area contributed by atoms with E-state index in [2.05, 4.69) is 0 Å². The van der Waals surface area contributed by atoms with Gasteiger partial charge >= 0.3 is 5.97 Å². The van der Waals surface area contributed by atoms with Crippen LogP contribution in [0.15, 0.2) is 0 Å². The molecule has 0 aliphatic carbocycles. The van der Waals surface area contributed by atoms with Crippen molar-refractivity contribution in [1.29, 1.82) is 0 Å². The normalized spacial score (nSPS) is 10.1. The number of hydrogen-bond donors (Lipinski definition) is 1. The van der Waals surface area contributed by atoms with Gasteiger partial charge in [0, 0.05) is 0 Å². The zero-order valence-electron chi connectivity index (χ0n) is 5.97. The quantitative estimate of drug-likeness (QED) is 0.755. The summed E-state index contributed by atoms with van der Waals surface area (Å²) in [6, 6.07) is 0. The average molecular weight is 244 g/mol. The van der Waals surface area contributed by atoms with Gasteiger partial charge in [0.2, 0.25) is 0 Å². The first-order valence-corrected chi connectivity index (χ1v) is 2.74. The summed E-state index contributed by atoms with van der Waals surface area (Å²) in [5.41, 5.74) is -0.542. The molecule has 0 fully saturated rings. The lowest BCUT2D eigenvalue weighted by atomic mass is 9.91. The predicted molar refractivity (Wildman–Crippen MR) is 47.1 cm³/mol. The fraction of sp³-hybridized carbons (Fsp3) is 0.833. The molecule has 0 unspecified atom stereocenters. The number of aliphatic carboxylic acids is 1. The van der Waals surface area contributed by atoms with Gasteiger partial charge in [-0.1, -0.05) is 6.92 Å². The van der Waals surface area contributed by atoms with Gasteiger partial charge in [-0.05, 0) is 20.3 Å². The number of rotatable bonds is 2. The van der Waals surface area contributed by atoms with Gasteiger partial charge < -0.3 is 5.11 Å². The monoisotopic (exact) mass is 244 g/mol. The fourth-order valence-electron chi connectivity index (χ4n) is 0.151. The molecule has 0 amide bonds. The van der Waals surface area contributed by atoms with E-state index >= 15 is 0 Å². The summed E-state index contributed by atoms with van der Waals surface area (Å²) in [5, 5.41) is 8.44. The van der Waals surface area contributed by atoms with Gasteiger partial charge in [0.15, 0.2) is 0 Å². The largest absolute Gasteiger partial charge is 0.481 e. The van der Waals surface area contributed by atoms with Crippen molar-refractivity contribution in [3.63, 3.8) is 0 Å². The molecule has 9 heavy (non-hydrogen) atoms. The maximum atomic E-state index is 10.3. The van der Waals surface area contributed by atoms with Crippen molar-refractivity contribution in [3.05, 3.63) is 0 Å². The van der Waals surface area contributed by atoms with Crippen LogP contribution in [0.25, 0.3) is 0 Å². The Labute approximate surface area is 72.7 Å². The molecule has 0 atom stereocenters. The Bertz CT molecular complexity index is 99.2. The second kappa shape index (κ2) is 4.09. The second-order valence-electron chi connectivity index (χ2n) is 2.54. The Morgan fingerprint density at radius 2 is 1.89 bits per heavy atom. The first kappa shape index (κ1) is 11.9. The van der Waals surface area contributed by atoms with Crippen LogP contribution in [0.4, 0.5) is 0 Å². The molecule has 0 radical (unpaired) electrons. The minimum atomic E-state index is -0.722. The summed E-state index contributed by atoms with van der Waals surface area (Å²) < 4.78 is 0. The maximum Gasteiger partial charge on any atom is 0.309 e. The van der Waals surface area contributed by atoms with Crippen molar-refractivity contribution in [2.75, 3.05) is 0 Å². The Morgan fingerprint density at radius 1 is 1.56 bits per heavy atom. The molecule has 0 saturated heterocycles. The van der Waals surface area contributed by atoms with Gasteiger partial charge in [-0.25, -0.2) is 0 Å². The van der Waals surface area contributed by atoms with Gasteiger partial charge in [0.1, 0.15) is 0 Å². The number of carbonyl (C=O) groups is 1. The summed E-state index contributed by atoms with van der Waals surface area (Å²) >= 11 is 0. The third-order valence-corrected chi connectivity index (χ3v) is 1.46. The van der Waals surface area contributed by atoms with Crippen molar-refractivity contribution >= 4 is 29.9 Å². The Balaban J connectivity index is 0. The van der Waals surface area contributed by atoms with E-state index in [0.29, 0.717) is 6.42 Å². The van der Waals surface area contributed by atoms with Crippen molar-refractivity contribution in [3.8, 4) is 0 Å². The molecule has 56 valence electrons. The van der Waals surface area contributed by atoms with Crippen LogP contribution in [0.1, 0.15) is 27.2 Å². The van der Waals surface area contributed by atoms with Gasteiger partial charge in [0.05, 0.1) is 5.41 Å². The Morgan fingerprint density at radius 3 is 1.89 bits per heavy atom. The highest BCUT2D eigenvalue weighted by Gasteiger charge is 2.23. The van der Waals surface area contributed by atoms with Gasteiger partial charge in [-0.2, -0.15) is 0 Å². The molecule has 3 heteroatoms. The van der Waals surface area contributed by atoms with Gasteiger partial charge in [-0.15, -0.1) is 24.0 Å². The molecule has 1 N–H and O–H groups in total. The minimum absolute atomic E-state index is 0. The van der Waals surface area contributed by atoms with Crippen molar-refractivity contribution in [2.45, 2.75) is 27.2 Å². The summed E-state index contributed by atoms with van der Waals surface area (Å²) in [7, 11) is 0. The zero-order chi connectivity index (χ0) is 6.78. The van der Waals surface area contributed by atoms with E-state index in [-0.39, 0.29) is 24.0 Å². The summed E-state index contributed by atoms with van der Waals surface area (Å²) in [5.74, 6) is -0.722. The fourth-order valence-corrected chi connectivity index (χ4v) is 0.151. The molecule has 0 saturated carbocycles. The van der Waals surface area contributed by atoms with Crippen molar-refractivity contribution in [2.24, 2.45) is 5.41 Å². The molecule has 0 aromatic rings. The Kier molecular flexibility index (Phi) is 5.42. The second-order valence-corrected chi connectivity index (χ2v) is 2.54. The molecule has 2 nitrogen and oxygen atoms in total. The molecule has 0 aliphatic rings. The molecule has 0 spiro atoms. The molecule has 0 aromatic carbocycles. The molecule has 0 aromatic heterocycles. The zero-order valence-corrected chi connectivity index (χ0v) is 8.30. The molecule has 0 aliphatic heterocycles. The summed E-state index contributed by atoms with van der Waals surface area (Å²) in [4.78, 5) is 10.3. The maximum absolute atomic E-state index is 10.3. The van der Waals surface area contributed by atoms with Crippen LogP contribution in [0.3, 0.4) is 0 Å². The SMILES string of the molecule is CCC(C)(C)C(=O)O.I. The Hall–Kier alpha value is 0.200. The van der Waals surface area contributed by atoms with E-state index in [1.54, 1.807) is 13.8 Å². The van der Waals surface area contributed by atoms with E-state index < -0.39 is 11.4 Å². The number of halogens is 1. The highest BCUT2D eigenvalue weighted by Crippen LogP contribution is 2.18. The summed E-state index contributed by atoms with van der Waals surface area (Å²) in [6.45, 7) is 5.30. The third kappa shape index (κ3) is 3.72. The number of carboxylic acids is 1. The van der Waals surface area contributed by atoms with E-state index in [0.717, 1.165) is 0 Å². The highest BCUT2D eigenvalue weighted by molar-refractivity contribution is 14.0. The van der Waals surface area contributed by atoms with E-state index in [9.17, 15) is 4.79 Å². The summed E-state index contributed by atoms with van der Waals surface area (Å²) in [6.07, 6.45) is 0.683. The standard InChI is InChI=1S/C6H12O2.HI/c1-4-6(2,3)5(7)8;/h4H2,1-3H3,(H,7,8);1H. The number of hydrogen-bond acceptors (Lipinski definition) is 1. The average Bonchev–Trinajstić information content (AvgIpc) is 1.67. The lowest BCUT2D eigenvalue weighted by Gasteiger charge is -2.14. The van der Waals surface area contributed by atoms with E-state index in [1.165, 1.54) is 0 Å². The van der Waals surface area contributed by atoms with Crippen LogP contribution >= 0.6 is 24.0 Å². The first-order valence-electron chi connectivity index (χ1n) is 2.74. The topological polar surface area (TPSA) is 37.3 Å². The van der Waals surface area contributed by atoms with Crippen LogP contribution in [0.5, 0.6) is 0 Å². The predicted octanol–water partition coefficient (Wildman–Crippen LogP) is 2.13. The lowest BCUT2D eigenvalue weighted by Crippen LogP contribution is -2.21. The molecular weight excluding hydrogens is 231 g/mol. The van der Waals surface area contributed by atoms with Crippen molar-refractivity contribution in [1.82, 2.24) is 0 Å². The molecule has 0 bridgehead atoms. The van der Waals surface area contributed by atoms with Crippen LogP contribution in [0, 0.1) is 5.41 Å². The third-order valence-electron chi connectivity index (χ3n) is 1.46. The highest BCUT2D eigenvalue weighted by atomic mass is 127. The van der Waals surface area contributed by atoms with Gasteiger partial charge in [-0.3, -0.25) is 4.79 Å². The van der Waals surface area contributed by atoms with Crippen LogP contribution < -0.4 is 0 Å². The van der Waals surface area contributed by atoms with Crippen molar-refractivity contribution < 1.29 is 9.90 Å². The van der Waals surface area contributed by atoms with Gasteiger partial charge in [0.25, 0.3) is 0 Å². The molecular formula is C6H13IO2. The van der Waals surface area contributed by atoms with E-state index in [4.69, 9.17) is 5.11 Å². The first-order chi connectivity index (χ1) is 3.50. The minimum Gasteiger partial charge on any atom is -0.481 e. The van der Waals surface area contributed by atoms with E-state index in [1.807, 2.05) is 6.92 Å².